The van der Waals surface area contributed by atoms with Crippen molar-refractivity contribution in [2.45, 2.75) is 6.92 Å². The van der Waals surface area contributed by atoms with Gasteiger partial charge in [-0.1, -0.05) is 17.3 Å². The molecule has 0 aliphatic carbocycles. The van der Waals surface area contributed by atoms with Crippen molar-refractivity contribution < 1.29 is 19.1 Å². The van der Waals surface area contributed by atoms with E-state index in [4.69, 9.17) is 9.47 Å². The monoisotopic (exact) mass is 237 g/mol. The molecule has 0 atom stereocenters. The highest BCUT2D eigenvalue weighted by Gasteiger charge is 2.16. The molecular weight excluding hydrogens is 222 g/mol. The van der Waals surface area contributed by atoms with Gasteiger partial charge >= 0.3 is 5.97 Å². The van der Waals surface area contributed by atoms with Crippen molar-refractivity contribution in [1.82, 2.24) is 0 Å². The average Bonchev–Trinajstić information content (AvgIpc) is 2.36. The molecular formula is C12H15NO4. The first-order valence-electron chi connectivity index (χ1n) is 5.15. The first-order chi connectivity index (χ1) is 8.22. The molecule has 0 spiro atoms. The Bertz CT molecular complexity index is 415. The maximum absolute atomic E-state index is 11.7. The van der Waals surface area contributed by atoms with E-state index in [1.54, 1.807) is 38.3 Å². The molecule has 0 saturated heterocycles. The van der Waals surface area contributed by atoms with Crippen LogP contribution in [0.4, 0.5) is 0 Å². The van der Waals surface area contributed by atoms with E-state index in [2.05, 4.69) is 9.99 Å². The Kier molecular flexibility index (Phi) is 5.00. The van der Waals surface area contributed by atoms with Gasteiger partial charge in [0.05, 0.1) is 13.7 Å². The second-order valence-corrected chi connectivity index (χ2v) is 3.07. The summed E-state index contributed by atoms with van der Waals surface area (Å²) in [6, 6.07) is 6.96. The summed E-state index contributed by atoms with van der Waals surface area (Å²) >= 11 is 0. The maximum atomic E-state index is 11.7. The number of oxime groups is 1. The molecule has 1 aromatic carbocycles. The molecule has 1 aromatic rings. The van der Waals surface area contributed by atoms with Crippen molar-refractivity contribution in [1.29, 1.82) is 0 Å². The summed E-state index contributed by atoms with van der Waals surface area (Å²) in [7, 11) is 2.93. The van der Waals surface area contributed by atoms with Gasteiger partial charge in [-0.2, -0.15) is 0 Å². The van der Waals surface area contributed by atoms with Gasteiger partial charge in [0.2, 0.25) is 0 Å². The van der Waals surface area contributed by atoms with Crippen molar-refractivity contribution in [3.63, 3.8) is 0 Å². The van der Waals surface area contributed by atoms with E-state index in [1.165, 1.54) is 7.11 Å². The van der Waals surface area contributed by atoms with E-state index in [-0.39, 0.29) is 12.3 Å². The molecule has 0 saturated carbocycles. The third-order valence-corrected chi connectivity index (χ3v) is 1.99. The van der Waals surface area contributed by atoms with E-state index >= 15 is 0 Å². The summed E-state index contributed by atoms with van der Waals surface area (Å²) in [6.07, 6.45) is 0. The number of rotatable bonds is 5. The minimum Gasteiger partial charge on any atom is -0.497 e. The lowest BCUT2D eigenvalue weighted by Gasteiger charge is -2.06. The number of carbonyl (C=O) groups is 1. The summed E-state index contributed by atoms with van der Waals surface area (Å²) in [5.74, 6) is 0.109. The van der Waals surface area contributed by atoms with Crippen LogP contribution in [-0.2, 0) is 14.4 Å². The topological polar surface area (TPSA) is 57.1 Å². The number of hydrogen-bond acceptors (Lipinski definition) is 5. The minimum absolute atomic E-state index is 0.119. The zero-order valence-electron chi connectivity index (χ0n) is 10.1. The second-order valence-electron chi connectivity index (χ2n) is 3.07. The fraction of sp³-hybridized carbons (Fsp3) is 0.333. The molecule has 5 nitrogen and oxygen atoms in total. The normalized spacial score (nSPS) is 10.9. The Balaban J connectivity index is 3.05. The zero-order valence-corrected chi connectivity index (χ0v) is 10.1. The Labute approximate surface area is 100.0 Å². The van der Waals surface area contributed by atoms with Crippen LogP contribution in [0, 0.1) is 0 Å². The van der Waals surface area contributed by atoms with Gasteiger partial charge in [0.1, 0.15) is 12.9 Å². The van der Waals surface area contributed by atoms with Crippen LogP contribution in [-0.4, -0.2) is 32.5 Å². The number of nitrogens with zero attached hydrogens (tertiary/aromatic N) is 1. The van der Waals surface area contributed by atoms with Crippen LogP contribution in [0.2, 0.25) is 0 Å². The van der Waals surface area contributed by atoms with Crippen LogP contribution in [0.3, 0.4) is 0 Å². The van der Waals surface area contributed by atoms with Crippen molar-refractivity contribution in [3.8, 4) is 5.75 Å². The van der Waals surface area contributed by atoms with Crippen molar-refractivity contribution in [2.75, 3.05) is 20.8 Å². The molecule has 1 rings (SSSR count). The Morgan fingerprint density at radius 3 is 2.71 bits per heavy atom. The predicted molar refractivity (Wildman–Crippen MR) is 63.2 cm³/mol. The summed E-state index contributed by atoms with van der Waals surface area (Å²) in [4.78, 5) is 16.3. The highest BCUT2D eigenvalue weighted by atomic mass is 16.6. The lowest BCUT2D eigenvalue weighted by atomic mass is 10.1. The number of methoxy groups -OCH3 is 1. The van der Waals surface area contributed by atoms with Gasteiger partial charge in [-0.3, -0.25) is 0 Å². The highest BCUT2D eigenvalue weighted by molar-refractivity contribution is 6.43. The molecule has 0 N–H and O–H groups in total. The van der Waals surface area contributed by atoms with Gasteiger partial charge in [-0.25, -0.2) is 4.79 Å². The van der Waals surface area contributed by atoms with Gasteiger partial charge in [0.15, 0.2) is 5.71 Å². The van der Waals surface area contributed by atoms with E-state index in [0.29, 0.717) is 11.3 Å². The van der Waals surface area contributed by atoms with Crippen molar-refractivity contribution in [3.05, 3.63) is 29.8 Å². The van der Waals surface area contributed by atoms with E-state index in [1.807, 2.05) is 0 Å². The summed E-state index contributed by atoms with van der Waals surface area (Å²) in [6.45, 7) is 2.01. The third kappa shape index (κ3) is 3.48. The lowest BCUT2D eigenvalue weighted by Crippen LogP contribution is -2.19. The molecule has 0 bridgehead atoms. The highest BCUT2D eigenvalue weighted by Crippen LogP contribution is 2.14. The van der Waals surface area contributed by atoms with E-state index in [0.717, 1.165) is 0 Å². The maximum Gasteiger partial charge on any atom is 0.361 e. The Morgan fingerprint density at radius 1 is 1.35 bits per heavy atom. The van der Waals surface area contributed by atoms with Gasteiger partial charge in [0, 0.05) is 5.56 Å². The molecule has 92 valence electrons. The van der Waals surface area contributed by atoms with Gasteiger partial charge < -0.3 is 14.3 Å². The van der Waals surface area contributed by atoms with Crippen LogP contribution in [0.5, 0.6) is 5.75 Å². The second kappa shape index (κ2) is 6.52. The molecule has 0 aliphatic heterocycles. The minimum atomic E-state index is -0.525. The SMILES string of the molecule is CCOC(=O)/C(=N\OC)c1cccc(OC)c1. The van der Waals surface area contributed by atoms with E-state index in [9.17, 15) is 4.79 Å². The van der Waals surface area contributed by atoms with Gasteiger partial charge in [-0.15, -0.1) is 0 Å². The average molecular weight is 237 g/mol. The van der Waals surface area contributed by atoms with Crippen LogP contribution in [0.25, 0.3) is 0 Å². The zero-order chi connectivity index (χ0) is 12.7. The molecule has 0 radical (unpaired) electrons. The Morgan fingerprint density at radius 2 is 2.12 bits per heavy atom. The van der Waals surface area contributed by atoms with Crippen LogP contribution >= 0.6 is 0 Å². The first-order valence-corrected chi connectivity index (χ1v) is 5.15. The third-order valence-electron chi connectivity index (χ3n) is 1.99. The van der Waals surface area contributed by atoms with E-state index < -0.39 is 5.97 Å². The summed E-state index contributed by atoms with van der Waals surface area (Å²) < 4.78 is 9.97. The van der Waals surface area contributed by atoms with Crippen molar-refractivity contribution >= 4 is 11.7 Å². The van der Waals surface area contributed by atoms with Crippen LogP contribution < -0.4 is 4.74 Å². The molecule has 0 amide bonds. The first kappa shape index (κ1) is 13.0. The van der Waals surface area contributed by atoms with Gasteiger partial charge in [-0.05, 0) is 19.1 Å². The predicted octanol–water partition coefficient (Wildman–Crippen LogP) is 1.61. The molecule has 0 unspecified atom stereocenters. The lowest BCUT2D eigenvalue weighted by molar-refractivity contribution is -0.135. The molecule has 0 aliphatic rings. The molecule has 0 aromatic heterocycles. The number of hydrogen-bond donors (Lipinski definition) is 0. The van der Waals surface area contributed by atoms with Gasteiger partial charge in [0.25, 0.3) is 0 Å². The summed E-state index contributed by atoms with van der Waals surface area (Å²) in [5, 5.41) is 3.67. The smallest absolute Gasteiger partial charge is 0.361 e. The number of carbonyl (C=O) groups excluding carboxylic acids is 1. The molecule has 5 heteroatoms. The fourth-order valence-corrected chi connectivity index (χ4v) is 1.27. The largest absolute Gasteiger partial charge is 0.497 e. The standard InChI is InChI=1S/C12H15NO4/c1-4-17-12(14)11(13-16-3)9-6-5-7-10(8-9)15-2/h5-8H,4H2,1-3H3/b13-11-. The van der Waals surface area contributed by atoms with Crippen molar-refractivity contribution in [2.24, 2.45) is 5.16 Å². The number of benzene rings is 1. The molecule has 0 fully saturated rings. The number of ether oxygens (including phenoxy) is 2. The quantitative estimate of drug-likeness (QED) is 0.443. The Hall–Kier alpha value is -2.04. The summed E-state index contributed by atoms with van der Waals surface area (Å²) in [5.41, 5.74) is 0.706. The van der Waals surface area contributed by atoms with Crippen LogP contribution in [0.1, 0.15) is 12.5 Å². The molecule has 0 heterocycles. The fourth-order valence-electron chi connectivity index (χ4n) is 1.27. The number of esters is 1. The molecule has 17 heavy (non-hydrogen) atoms. The van der Waals surface area contributed by atoms with Crippen LogP contribution in [0.15, 0.2) is 29.4 Å².